The number of aryl methyl sites for hydroxylation is 2. The first-order valence-corrected chi connectivity index (χ1v) is 4.19. The Hall–Kier alpha value is -0.760. The van der Waals surface area contributed by atoms with Gasteiger partial charge in [-0.25, -0.2) is 0 Å². The van der Waals surface area contributed by atoms with Crippen LogP contribution >= 0.6 is 11.3 Å². The molecule has 0 N–H and O–H groups in total. The SMILES string of the molecule is Cc1cc2sccn2c1C. The zero-order valence-electron chi connectivity index (χ0n) is 6.09. The minimum absolute atomic E-state index is 1.34. The molecule has 0 unspecified atom stereocenters. The highest BCUT2D eigenvalue weighted by Crippen LogP contribution is 2.18. The summed E-state index contributed by atoms with van der Waals surface area (Å²) in [6.45, 7) is 4.30. The first-order valence-electron chi connectivity index (χ1n) is 3.31. The van der Waals surface area contributed by atoms with Crippen LogP contribution in [0.25, 0.3) is 4.83 Å². The van der Waals surface area contributed by atoms with Crippen molar-refractivity contribution < 1.29 is 0 Å². The zero-order chi connectivity index (χ0) is 7.14. The molecular weight excluding hydrogens is 142 g/mol. The lowest BCUT2D eigenvalue weighted by Gasteiger charge is -1.88. The summed E-state index contributed by atoms with van der Waals surface area (Å²) in [6, 6.07) is 2.22. The normalized spacial score (nSPS) is 11.0. The van der Waals surface area contributed by atoms with E-state index in [4.69, 9.17) is 0 Å². The van der Waals surface area contributed by atoms with E-state index in [1.807, 2.05) is 0 Å². The van der Waals surface area contributed by atoms with Gasteiger partial charge in [-0.3, -0.25) is 0 Å². The predicted octanol–water partition coefficient (Wildman–Crippen LogP) is 2.62. The molecule has 2 aromatic heterocycles. The van der Waals surface area contributed by atoms with Crippen LogP contribution in [0.15, 0.2) is 17.6 Å². The first kappa shape index (κ1) is 5.98. The second-order valence-corrected chi connectivity index (χ2v) is 3.45. The minimum Gasteiger partial charge on any atom is -0.312 e. The van der Waals surface area contributed by atoms with Crippen LogP contribution in [0.5, 0.6) is 0 Å². The van der Waals surface area contributed by atoms with Gasteiger partial charge in [0.1, 0.15) is 0 Å². The Bertz CT molecular complexity index is 356. The lowest BCUT2D eigenvalue weighted by molar-refractivity contribution is 1.12. The highest BCUT2D eigenvalue weighted by atomic mass is 32.1. The van der Waals surface area contributed by atoms with Crippen LogP contribution in [0, 0.1) is 13.8 Å². The Kier molecular flexibility index (Phi) is 1.11. The molecule has 2 heterocycles. The number of rotatable bonds is 0. The summed E-state index contributed by atoms with van der Waals surface area (Å²) >= 11 is 1.79. The maximum Gasteiger partial charge on any atom is 0.0995 e. The van der Waals surface area contributed by atoms with Crippen LogP contribution < -0.4 is 0 Å². The Morgan fingerprint density at radius 1 is 1.40 bits per heavy atom. The van der Waals surface area contributed by atoms with Crippen LogP contribution in [0.3, 0.4) is 0 Å². The highest BCUT2D eigenvalue weighted by Gasteiger charge is 2.00. The molecule has 0 atom stereocenters. The van der Waals surface area contributed by atoms with Gasteiger partial charge in [0.15, 0.2) is 0 Å². The fraction of sp³-hybridized carbons (Fsp3) is 0.250. The molecular formula is C8H9NS. The van der Waals surface area contributed by atoms with E-state index in [0.717, 1.165) is 0 Å². The number of aromatic nitrogens is 1. The van der Waals surface area contributed by atoms with E-state index in [9.17, 15) is 0 Å². The summed E-state index contributed by atoms with van der Waals surface area (Å²) in [4.78, 5) is 1.34. The molecule has 0 fully saturated rings. The molecule has 2 heteroatoms. The van der Waals surface area contributed by atoms with E-state index in [1.54, 1.807) is 11.3 Å². The molecule has 10 heavy (non-hydrogen) atoms. The second-order valence-electron chi connectivity index (χ2n) is 2.52. The van der Waals surface area contributed by atoms with Crippen molar-refractivity contribution in [3.63, 3.8) is 0 Å². The van der Waals surface area contributed by atoms with Crippen LogP contribution in [-0.2, 0) is 0 Å². The van der Waals surface area contributed by atoms with Gasteiger partial charge in [-0.2, -0.15) is 0 Å². The second kappa shape index (κ2) is 1.86. The van der Waals surface area contributed by atoms with Gasteiger partial charge in [-0.15, -0.1) is 11.3 Å². The van der Waals surface area contributed by atoms with Crippen LogP contribution in [0.2, 0.25) is 0 Å². The van der Waals surface area contributed by atoms with Crippen LogP contribution in [-0.4, -0.2) is 4.40 Å². The zero-order valence-corrected chi connectivity index (χ0v) is 6.90. The van der Waals surface area contributed by atoms with Gasteiger partial charge >= 0.3 is 0 Å². The molecule has 2 aromatic rings. The number of hydrogen-bond donors (Lipinski definition) is 0. The monoisotopic (exact) mass is 151 g/mol. The van der Waals surface area contributed by atoms with Gasteiger partial charge < -0.3 is 4.40 Å². The summed E-state index contributed by atoms with van der Waals surface area (Å²) in [5, 5.41) is 2.11. The van der Waals surface area contributed by atoms with Crippen LogP contribution in [0.1, 0.15) is 11.3 Å². The van der Waals surface area contributed by atoms with E-state index < -0.39 is 0 Å². The molecule has 0 saturated carbocycles. The Morgan fingerprint density at radius 3 is 2.90 bits per heavy atom. The standard InChI is InChI=1S/C8H9NS/c1-6-5-8-9(7(6)2)3-4-10-8/h3-5H,1-2H3. The molecule has 0 bridgehead atoms. The molecule has 0 aliphatic heterocycles. The maximum absolute atomic E-state index is 2.22. The number of nitrogens with zero attached hydrogens (tertiary/aromatic N) is 1. The summed E-state index contributed by atoms with van der Waals surface area (Å²) < 4.78 is 2.22. The lowest BCUT2D eigenvalue weighted by atomic mass is 10.3. The summed E-state index contributed by atoms with van der Waals surface area (Å²) in [5.74, 6) is 0. The molecule has 0 amide bonds. The van der Waals surface area contributed by atoms with Crippen molar-refractivity contribution >= 4 is 16.2 Å². The van der Waals surface area contributed by atoms with Crippen molar-refractivity contribution in [2.24, 2.45) is 0 Å². The summed E-state index contributed by atoms with van der Waals surface area (Å²) in [5.41, 5.74) is 2.74. The number of thiazole rings is 1. The summed E-state index contributed by atoms with van der Waals surface area (Å²) in [7, 11) is 0. The van der Waals surface area contributed by atoms with Crippen molar-refractivity contribution in [1.82, 2.24) is 4.40 Å². The fourth-order valence-corrected chi connectivity index (χ4v) is 2.03. The third-order valence-corrected chi connectivity index (χ3v) is 2.72. The average molecular weight is 151 g/mol. The molecule has 2 rings (SSSR count). The quantitative estimate of drug-likeness (QED) is 0.545. The highest BCUT2D eigenvalue weighted by molar-refractivity contribution is 7.15. The van der Waals surface area contributed by atoms with Crippen molar-refractivity contribution in [1.29, 1.82) is 0 Å². The van der Waals surface area contributed by atoms with Gasteiger partial charge in [0, 0.05) is 17.3 Å². The Morgan fingerprint density at radius 2 is 2.20 bits per heavy atom. The van der Waals surface area contributed by atoms with Crippen molar-refractivity contribution in [2.75, 3.05) is 0 Å². The van der Waals surface area contributed by atoms with Crippen molar-refractivity contribution in [3.05, 3.63) is 28.9 Å². The third kappa shape index (κ3) is 0.625. The van der Waals surface area contributed by atoms with Gasteiger partial charge in [-0.05, 0) is 25.5 Å². The molecule has 0 aromatic carbocycles. The number of fused-ring (bicyclic) bond motifs is 1. The Labute approximate surface area is 63.9 Å². The van der Waals surface area contributed by atoms with E-state index >= 15 is 0 Å². The molecule has 0 aliphatic carbocycles. The van der Waals surface area contributed by atoms with E-state index in [-0.39, 0.29) is 0 Å². The van der Waals surface area contributed by atoms with Gasteiger partial charge in [0.05, 0.1) is 4.83 Å². The van der Waals surface area contributed by atoms with Crippen LogP contribution in [0.4, 0.5) is 0 Å². The van der Waals surface area contributed by atoms with E-state index in [1.165, 1.54) is 16.1 Å². The van der Waals surface area contributed by atoms with E-state index in [2.05, 4.69) is 35.9 Å². The summed E-state index contributed by atoms with van der Waals surface area (Å²) in [6.07, 6.45) is 2.11. The van der Waals surface area contributed by atoms with E-state index in [0.29, 0.717) is 0 Å². The fourth-order valence-electron chi connectivity index (χ4n) is 1.15. The lowest BCUT2D eigenvalue weighted by Crippen LogP contribution is -1.80. The molecule has 0 spiro atoms. The Balaban J connectivity index is 2.95. The average Bonchev–Trinajstić information content (AvgIpc) is 2.41. The molecule has 0 aliphatic rings. The first-order chi connectivity index (χ1) is 4.79. The third-order valence-electron chi connectivity index (χ3n) is 1.91. The topological polar surface area (TPSA) is 4.41 Å². The molecule has 0 radical (unpaired) electrons. The number of hydrogen-bond acceptors (Lipinski definition) is 1. The van der Waals surface area contributed by atoms with Crippen molar-refractivity contribution in [2.45, 2.75) is 13.8 Å². The largest absolute Gasteiger partial charge is 0.312 e. The molecule has 1 nitrogen and oxygen atoms in total. The van der Waals surface area contributed by atoms with Gasteiger partial charge in [0.2, 0.25) is 0 Å². The molecule has 0 saturated heterocycles. The van der Waals surface area contributed by atoms with Gasteiger partial charge in [0.25, 0.3) is 0 Å². The maximum atomic E-state index is 2.22. The minimum atomic E-state index is 1.34. The van der Waals surface area contributed by atoms with Crippen molar-refractivity contribution in [3.8, 4) is 0 Å². The predicted molar refractivity (Wildman–Crippen MR) is 44.7 cm³/mol. The van der Waals surface area contributed by atoms with Gasteiger partial charge in [-0.1, -0.05) is 0 Å². The molecule has 52 valence electrons. The smallest absolute Gasteiger partial charge is 0.0995 e.